The third-order valence-electron chi connectivity index (χ3n) is 6.01. The largest absolute Gasteiger partial charge is 0.508 e. The molecule has 0 aliphatic heterocycles. The van der Waals surface area contributed by atoms with E-state index in [9.17, 15) is 9.90 Å². The van der Waals surface area contributed by atoms with Crippen LogP contribution in [0.1, 0.15) is 15.9 Å². The molecule has 6 rings (SSSR count). The Labute approximate surface area is 261 Å². The Morgan fingerprint density at radius 2 is 1.16 bits per heavy atom. The molecule has 9 nitrogen and oxygen atoms in total. The van der Waals surface area contributed by atoms with Gasteiger partial charge in [0.1, 0.15) is 23.0 Å². The number of aromatic nitrogens is 2. The number of rotatable bonds is 8. The average Bonchev–Trinajstić information content (AvgIpc) is 3.08. The summed E-state index contributed by atoms with van der Waals surface area (Å²) in [5, 5.41) is 21.9. The number of nitrogens with two attached hydrogens (primary N) is 1. The lowest BCUT2D eigenvalue weighted by molar-refractivity contribution is 0.112. The minimum Gasteiger partial charge on any atom is -0.508 e. The number of carbonyl (C=O) groups excluding carboxylic acids is 1. The zero-order valence-electron chi connectivity index (χ0n) is 24.2. The SMILES string of the molecule is Nc1cccnc1Oc1ccccc1.O=Cc1ccccc1O.Oc1ccccc1CNc1cccnc1Oc1ccccc1. The summed E-state index contributed by atoms with van der Waals surface area (Å²) in [4.78, 5) is 18.4. The maximum absolute atomic E-state index is 10.1. The van der Waals surface area contributed by atoms with Crippen LogP contribution in [0.25, 0.3) is 0 Å². The Morgan fingerprint density at radius 1 is 0.622 bits per heavy atom. The zero-order valence-corrected chi connectivity index (χ0v) is 24.2. The van der Waals surface area contributed by atoms with Crippen LogP contribution in [0.4, 0.5) is 11.4 Å². The van der Waals surface area contributed by atoms with Crippen molar-refractivity contribution in [2.75, 3.05) is 11.1 Å². The zero-order chi connectivity index (χ0) is 31.7. The molecule has 0 unspecified atom stereocenters. The predicted molar refractivity (Wildman–Crippen MR) is 175 cm³/mol. The van der Waals surface area contributed by atoms with Crippen LogP contribution in [0.15, 0.2) is 146 Å². The molecule has 0 saturated carbocycles. The fourth-order valence-electron chi connectivity index (χ4n) is 3.73. The molecule has 0 fully saturated rings. The summed E-state index contributed by atoms with van der Waals surface area (Å²) in [6.45, 7) is 0.490. The van der Waals surface area contributed by atoms with Gasteiger partial charge in [-0.15, -0.1) is 0 Å². The van der Waals surface area contributed by atoms with Crippen LogP contribution >= 0.6 is 0 Å². The smallest absolute Gasteiger partial charge is 0.242 e. The first-order chi connectivity index (χ1) is 22.0. The molecule has 9 heteroatoms. The van der Waals surface area contributed by atoms with Crippen LogP contribution < -0.4 is 20.5 Å². The molecule has 0 spiro atoms. The van der Waals surface area contributed by atoms with Gasteiger partial charge in [-0.25, -0.2) is 9.97 Å². The maximum atomic E-state index is 10.1. The van der Waals surface area contributed by atoms with E-state index in [1.54, 1.807) is 54.9 Å². The third-order valence-corrected chi connectivity index (χ3v) is 6.01. The molecular weight excluding hydrogens is 568 g/mol. The minimum atomic E-state index is 0.0347. The Hall–Kier alpha value is -6.35. The van der Waals surface area contributed by atoms with Crippen LogP contribution in [0.2, 0.25) is 0 Å². The van der Waals surface area contributed by atoms with Gasteiger partial charge >= 0.3 is 0 Å². The summed E-state index contributed by atoms with van der Waals surface area (Å²) in [6, 6.07) is 39.8. The van der Waals surface area contributed by atoms with E-state index in [0.717, 1.165) is 22.7 Å². The highest BCUT2D eigenvalue weighted by Gasteiger charge is 2.07. The highest BCUT2D eigenvalue weighted by Crippen LogP contribution is 2.28. The summed E-state index contributed by atoms with van der Waals surface area (Å²) in [6.07, 6.45) is 3.95. The highest BCUT2D eigenvalue weighted by molar-refractivity contribution is 5.78. The van der Waals surface area contributed by atoms with Crippen LogP contribution in [-0.4, -0.2) is 26.5 Å². The van der Waals surface area contributed by atoms with Crippen molar-refractivity contribution < 1.29 is 24.5 Å². The van der Waals surface area contributed by atoms with Crippen molar-refractivity contribution in [1.82, 2.24) is 9.97 Å². The fraction of sp³-hybridized carbons (Fsp3) is 0.0278. The fourth-order valence-corrected chi connectivity index (χ4v) is 3.73. The van der Waals surface area contributed by atoms with Crippen molar-refractivity contribution in [2.45, 2.75) is 6.54 Å². The molecule has 0 atom stereocenters. The number of carbonyl (C=O) groups is 1. The number of phenols is 2. The number of nitrogens with one attached hydrogen (secondary N) is 1. The lowest BCUT2D eigenvalue weighted by Gasteiger charge is -2.12. The quantitative estimate of drug-likeness (QED) is 0.129. The van der Waals surface area contributed by atoms with E-state index in [-0.39, 0.29) is 11.5 Å². The van der Waals surface area contributed by atoms with Gasteiger partial charge in [0.2, 0.25) is 11.8 Å². The van der Waals surface area contributed by atoms with E-state index in [1.165, 1.54) is 6.07 Å². The molecule has 4 aromatic carbocycles. The van der Waals surface area contributed by atoms with Gasteiger partial charge in [0, 0.05) is 24.5 Å². The van der Waals surface area contributed by atoms with Crippen molar-refractivity contribution in [3.63, 3.8) is 0 Å². The maximum Gasteiger partial charge on any atom is 0.242 e. The first-order valence-electron chi connectivity index (χ1n) is 13.9. The summed E-state index contributed by atoms with van der Waals surface area (Å²) >= 11 is 0. The topological polar surface area (TPSA) is 140 Å². The average molecular weight is 601 g/mol. The van der Waals surface area contributed by atoms with E-state index in [1.807, 2.05) is 84.9 Å². The van der Waals surface area contributed by atoms with E-state index >= 15 is 0 Å². The number of ether oxygens (including phenoxy) is 2. The summed E-state index contributed by atoms with van der Waals surface area (Å²) in [5.74, 6) is 2.71. The number of phenolic OH excluding ortho intramolecular Hbond substituents is 2. The number of hydrogen-bond donors (Lipinski definition) is 4. The van der Waals surface area contributed by atoms with Crippen molar-refractivity contribution in [2.24, 2.45) is 0 Å². The Morgan fingerprint density at radius 3 is 1.73 bits per heavy atom. The van der Waals surface area contributed by atoms with E-state index in [2.05, 4.69) is 15.3 Å². The second-order valence-electron chi connectivity index (χ2n) is 9.24. The van der Waals surface area contributed by atoms with E-state index in [0.29, 0.717) is 35.8 Å². The lowest BCUT2D eigenvalue weighted by atomic mass is 10.2. The molecule has 2 heterocycles. The van der Waals surface area contributed by atoms with Crippen molar-refractivity contribution >= 4 is 17.7 Å². The van der Waals surface area contributed by atoms with Gasteiger partial charge < -0.3 is 30.7 Å². The molecule has 0 aliphatic carbocycles. The number of hydrogen-bond acceptors (Lipinski definition) is 9. The second-order valence-corrected chi connectivity index (χ2v) is 9.24. The van der Waals surface area contributed by atoms with Crippen molar-refractivity contribution in [1.29, 1.82) is 0 Å². The van der Waals surface area contributed by atoms with Crippen LogP contribution in [0.5, 0.6) is 34.8 Å². The lowest BCUT2D eigenvalue weighted by Crippen LogP contribution is -2.02. The molecule has 2 aromatic heterocycles. The number of aromatic hydroxyl groups is 2. The highest BCUT2D eigenvalue weighted by atomic mass is 16.5. The van der Waals surface area contributed by atoms with Crippen molar-refractivity contribution in [3.05, 3.63) is 157 Å². The molecule has 6 aromatic rings. The van der Waals surface area contributed by atoms with Crippen LogP contribution in [0.3, 0.4) is 0 Å². The van der Waals surface area contributed by atoms with Gasteiger partial charge in [-0.3, -0.25) is 4.79 Å². The van der Waals surface area contributed by atoms with Gasteiger partial charge in [-0.2, -0.15) is 0 Å². The first-order valence-corrected chi connectivity index (χ1v) is 13.9. The van der Waals surface area contributed by atoms with Crippen LogP contribution in [-0.2, 0) is 6.54 Å². The van der Waals surface area contributed by atoms with Gasteiger partial charge in [0.25, 0.3) is 0 Å². The second kappa shape index (κ2) is 16.9. The van der Waals surface area contributed by atoms with Gasteiger partial charge in [0.05, 0.1) is 16.9 Å². The molecule has 0 bridgehead atoms. The van der Waals surface area contributed by atoms with Crippen LogP contribution in [0, 0.1) is 0 Å². The molecule has 5 N–H and O–H groups in total. The Balaban J connectivity index is 0.000000171. The Kier molecular flexibility index (Phi) is 11.9. The number of nitrogens with zero attached hydrogens (tertiary/aromatic N) is 2. The summed E-state index contributed by atoms with van der Waals surface area (Å²) in [7, 11) is 0. The molecule has 0 saturated heterocycles. The molecule has 0 amide bonds. The molecule has 0 aliphatic rings. The number of aldehydes is 1. The molecule has 45 heavy (non-hydrogen) atoms. The monoisotopic (exact) mass is 600 g/mol. The van der Waals surface area contributed by atoms with E-state index < -0.39 is 0 Å². The number of pyridine rings is 2. The summed E-state index contributed by atoms with van der Waals surface area (Å²) < 4.78 is 11.3. The molecule has 226 valence electrons. The Bertz CT molecular complexity index is 1770. The van der Waals surface area contributed by atoms with Gasteiger partial charge in [-0.1, -0.05) is 66.7 Å². The standard InChI is InChI=1S/C18H16N2O2.C11H10N2O.C7H6O2/c21-17-11-5-4-7-14(17)13-20-16-10-6-12-19-18(16)22-15-8-2-1-3-9-15;12-10-7-4-8-13-11(10)14-9-5-2-1-3-6-9;8-5-6-3-1-2-4-7(6)9/h1-12,20-21H,13H2;1-8H,12H2;1-5,9H. The van der Waals surface area contributed by atoms with Gasteiger partial charge in [-0.05, 0) is 66.7 Å². The van der Waals surface area contributed by atoms with Crippen molar-refractivity contribution in [3.8, 4) is 34.8 Å². The number of nitrogen functional groups attached to an aromatic ring is 1. The predicted octanol–water partition coefficient (Wildman–Crippen LogP) is 7.85. The minimum absolute atomic E-state index is 0.0347. The third kappa shape index (κ3) is 10.2. The van der Waals surface area contributed by atoms with Gasteiger partial charge in [0.15, 0.2) is 6.29 Å². The molecule has 0 radical (unpaired) electrons. The summed E-state index contributed by atoms with van der Waals surface area (Å²) in [5.41, 5.74) is 8.14. The first kappa shape index (κ1) is 31.6. The molecular formula is C36H32N4O5. The number of anilines is 2. The number of para-hydroxylation sites is 4. The number of benzene rings is 4. The van der Waals surface area contributed by atoms with E-state index in [4.69, 9.17) is 20.3 Å². The normalized spacial score (nSPS) is 9.78.